The zero-order valence-electron chi connectivity index (χ0n) is 20.0. The van der Waals surface area contributed by atoms with Crippen LogP contribution in [0.4, 0.5) is 47.2 Å². The van der Waals surface area contributed by atoms with Crippen molar-refractivity contribution in [2.45, 2.75) is 38.0 Å². The summed E-state index contributed by atoms with van der Waals surface area (Å²) in [5.74, 6) is -0.597. The molecule has 3 aromatic heterocycles. The third-order valence-electron chi connectivity index (χ3n) is 5.51. The van der Waals surface area contributed by atoms with Gasteiger partial charge in [-0.1, -0.05) is 0 Å². The van der Waals surface area contributed by atoms with Crippen LogP contribution < -0.4 is 15.4 Å². The first-order chi connectivity index (χ1) is 18.3. The molecule has 0 aromatic carbocycles. The number of aromatic nitrogens is 4. The molecule has 2 atom stereocenters. The van der Waals surface area contributed by atoms with E-state index >= 15 is 0 Å². The lowest BCUT2D eigenvalue weighted by atomic mass is 10.1. The smallest absolute Gasteiger partial charge is 0.434 e. The fourth-order valence-corrected chi connectivity index (χ4v) is 4.53. The van der Waals surface area contributed by atoms with E-state index in [2.05, 4.69) is 30.0 Å². The molecule has 0 bridgehead atoms. The van der Waals surface area contributed by atoms with E-state index in [0.717, 1.165) is 22.6 Å². The molecule has 0 radical (unpaired) electrons. The molecule has 0 saturated carbocycles. The summed E-state index contributed by atoms with van der Waals surface area (Å²) in [6.45, 7) is -0.0273. The van der Waals surface area contributed by atoms with E-state index in [1.165, 1.54) is 18.3 Å². The van der Waals surface area contributed by atoms with Crippen molar-refractivity contribution in [2.24, 2.45) is 0 Å². The molecule has 0 spiro atoms. The van der Waals surface area contributed by atoms with Crippen LogP contribution in [0.15, 0.2) is 30.7 Å². The summed E-state index contributed by atoms with van der Waals surface area (Å²) in [4.78, 5) is 24.9. The number of hydrogen-bond acceptors (Lipinski definition) is 9. The van der Waals surface area contributed by atoms with E-state index in [0.29, 0.717) is 11.9 Å². The van der Waals surface area contributed by atoms with Gasteiger partial charge < -0.3 is 15.4 Å². The quantitative estimate of drug-likeness (QED) is 0.377. The van der Waals surface area contributed by atoms with Crippen LogP contribution in [0.1, 0.15) is 28.2 Å². The number of aryl methyl sites for hydroxylation is 1. The summed E-state index contributed by atoms with van der Waals surface area (Å²) < 4.78 is 99.7. The van der Waals surface area contributed by atoms with Crippen LogP contribution in [0.3, 0.4) is 0 Å². The Labute approximate surface area is 220 Å². The van der Waals surface area contributed by atoms with Crippen molar-refractivity contribution in [2.75, 3.05) is 30.3 Å². The number of anilines is 3. The minimum absolute atomic E-state index is 0.0151. The maximum absolute atomic E-state index is 14.4. The van der Waals surface area contributed by atoms with Crippen molar-refractivity contribution >= 4 is 33.9 Å². The van der Waals surface area contributed by atoms with Gasteiger partial charge in [0.1, 0.15) is 23.1 Å². The van der Waals surface area contributed by atoms with Gasteiger partial charge in [0.15, 0.2) is 5.69 Å². The summed E-state index contributed by atoms with van der Waals surface area (Å²) in [5, 5.41) is 5.56. The fraction of sp³-hybridized carbons (Fsp3) is 0.409. The molecule has 17 heteroatoms. The summed E-state index contributed by atoms with van der Waals surface area (Å²) in [6.07, 6.45) is -8.94. The van der Waals surface area contributed by atoms with E-state index in [-0.39, 0.29) is 40.9 Å². The predicted octanol–water partition coefficient (Wildman–Crippen LogP) is 5.00. The molecule has 4 rings (SSSR count). The van der Waals surface area contributed by atoms with E-state index in [4.69, 9.17) is 4.74 Å². The van der Waals surface area contributed by atoms with E-state index < -0.39 is 49.3 Å². The monoisotopic (exact) mass is 579 g/mol. The van der Waals surface area contributed by atoms with Crippen LogP contribution in [0, 0.1) is 6.92 Å². The molecular weight excluding hydrogens is 559 g/mol. The summed E-state index contributed by atoms with van der Waals surface area (Å²) >= 11 is 0.896. The zero-order chi connectivity index (χ0) is 28.4. The van der Waals surface area contributed by atoms with Crippen LogP contribution in [0.25, 0.3) is 0 Å². The highest BCUT2D eigenvalue weighted by molar-refractivity contribution is 7.10. The molecule has 3 aromatic rings. The van der Waals surface area contributed by atoms with Crippen molar-refractivity contribution in [1.82, 2.24) is 24.2 Å². The summed E-state index contributed by atoms with van der Waals surface area (Å²) in [6, 6.07) is 2.82. The number of rotatable bonds is 7. The molecular formula is C22H20F7N7O2S. The van der Waals surface area contributed by atoms with Crippen molar-refractivity contribution in [3.05, 3.63) is 47.7 Å². The number of amides is 1. The lowest BCUT2D eigenvalue weighted by Gasteiger charge is -2.34. The molecule has 1 aliphatic rings. The van der Waals surface area contributed by atoms with Crippen LogP contribution in [0.2, 0.25) is 0 Å². The molecule has 2 N–H and O–H groups in total. The van der Waals surface area contributed by atoms with Gasteiger partial charge in [-0.25, -0.2) is 19.3 Å². The van der Waals surface area contributed by atoms with Gasteiger partial charge in [-0.2, -0.15) is 30.7 Å². The third kappa shape index (κ3) is 7.50. The number of halogens is 7. The molecule has 0 unspecified atom stereocenters. The van der Waals surface area contributed by atoms with Gasteiger partial charge in [0.2, 0.25) is 5.88 Å². The first-order valence-corrected chi connectivity index (χ1v) is 12.1. The fourth-order valence-electron chi connectivity index (χ4n) is 3.73. The Balaban J connectivity index is 1.36. The number of hydrogen-bond donors (Lipinski definition) is 2. The number of pyridine rings is 1. The number of alkyl halides is 7. The maximum Gasteiger partial charge on any atom is 0.434 e. The molecule has 1 aliphatic heterocycles. The lowest BCUT2D eigenvalue weighted by Crippen LogP contribution is -2.49. The van der Waals surface area contributed by atoms with Gasteiger partial charge in [0.25, 0.3) is 5.91 Å². The highest BCUT2D eigenvalue weighted by atomic mass is 32.1. The van der Waals surface area contributed by atoms with Crippen LogP contribution >= 0.6 is 11.5 Å². The Hall–Kier alpha value is -3.60. The van der Waals surface area contributed by atoms with Gasteiger partial charge in [0.05, 0.1) is 42.1 Å². The minimum atomic E-state index is -4.64. The molecule has 4 heterocycles. The number of carbonyl (C=O) groups is 1. The number of nitrogens with zero attached hydrogens (tertiary/aromatic N) is 5. The highest BCUT2D eigenvalue weighted by Crippen LogP contribution is 2.30. The third-order valence-corrected chi connectivity index (χ3v) is 6.36. The van der Waals surface area contributed by atoms with Gasteiger partial charge in [-0.05, 0) is 24.5 Å². The molecule has 39 heavy (non-hydrogen) atoms. The second kappa shape index (κ2) is 11.3. The Kier molecular flexibility index (Phi) is 8.20. The normalized spacial score (nSPS) is 18.6. The number of likely N-dealkylation sites (tertiary alicyclic amines) is 1. The van der Waals surface area contributed by atoms with Gasteiger partial charge in [-0.3, -0.25) is 9.69 Å². The Morgan fingerprint density at radius 2 is 1.90 bits per heavy atom. The summed E-state index contributed by atoms with van der Waals surface area (Å²) in [5.41, 5.74) is -0.457. The van der Waals surface area contributed by atoms with Crippen LogP contribution in [-0.4, -0.2) is 68.2 Å². The molecule has 1 saturated heterocycles. The van der Waals surface area contributed by atoms with Crippen molar-refractivity contribution < 1.29 is 40.3 Å². The van der Waals surface area contributed by atoms with Crippen molar-refractivity contribution in [3.63, 3.8) is 0 Å². The molecule has 1 amide bonds. The van der Waals surface area contributed by atoms with Gasteiger partial charge in [-0.15, -0.1) is 0 Å². The highest BCUT2D eigenvalue weighted by Gasteiger charge is 2.37. The maximum atomic E-state index is 14.4. The second-order valence-electron chi connectivity index (χ2n) is 8.53. The first-order valence-electron chi connectivity index (χ1n) is 11.3. The molecule has 210 valence electrons. The second-order valence-corrected chi connectivity index (χ2v) is 9.31. The first kappa shape index (κ1) is 28.4. The Morgan fingerprint density at radius 3 is 2.49 bits per heavy atom. The van der Waals surface area contributed by atoms with Crippen molar-refractivity contribution in [3.8, 4) is 5.88 Å². The topological polar surface area (TPSA) is 105 Å². The summed E-state index contributed by atoms with van der Waals surface area (Å²) in [7, 11) is 0. The lowest BCUT2D eigenvalue weighted by molar-refractivity contribution is -0.153. The number of carbonyl (C=O) groups excluding carboxylic acids is 1. The SMILES string of the molecule is Cc1nsc(Nc2cnc(C(F)(F)F)cn2)c1C(=O)Nc1ccc(O[C@H]2CCN(CC(F)(F)F)C[C@@H]2F)nc1. The van der Waals surface area contributed by atoms with E-state index in [9.17, 15) is 35.5 Å². The zero-order valence-corrected chi connectivity index (χ0v) is 20.8. The van der Waals surface area contributed by atoms with Gasteiger partial charge >= 0.3 is 12.4 Å². The molecule has 9 nitrogen and oxygen atoms in total. The van der Waals surface area contributed by atoms with Crippen LogP contribution in [0.5, 0.6) is 5.88 Å². The van der Waals surface area contributed by atoms with E-state index in [1.807, 2.05) is 0 Å². The molecule has 0 aliphatic carbocycles. The van der Waals surface area contributed by atoms with Crippen LogP contribution in [-0.2, 0) is 6.18 Å². The number of ether oxygens (including phenoxy) is 1. The Bertz CT molecular complexity index is 1280. The number of nitrogens with one attached hydrogen (secondary N) is 2. The average Bonchev–Trinajstić information content (AvgIpc) is 3.20. The average molecular weight is 580 g/mol. The number of piperidine rings is 1. The minimum Gasteiger partial charge on any atom is -0.471 e. The van der Waals surface area contributed by atoms with Crippen molar-refractivity contribution in [1.29, 1.82) is 0 Å². The predicted molar refractivity (Wildman–Crippen MR) is 126 cm³/mol. The van der Waals surface area contributed by atoms with E-state index in [1.54, 1.807) is 6.92 Å². The standard InChI is InChI=1S/C22H20F7N7O2S/c1-11-18(20(39-35-11)34-16-8-30-15(7-31-16)22(27,28)29)19(37)33-12-2-3-17(32-6-12)38-14-4-5-36(9-13(14)23)10-21(24,25)26/h2-3,6-8,13-14H,4-5,9-10H2,1H3,(H,31,34)(H,33,37)/t13-,14-/m0/s1. The Morgan fingerprint density at radius 1 is 1.13 bits per heavy atom. The largest absolute Gasteiger partial charge is 0.471 e. The molecule has 1 fully saturated rings. The van der Waals surface area contributed by atoms with Gasteiger partial charge in [0, 0.05) is 25.6 Å².